The van der Waals surface area contributed by atoms with E-state index in [1.165, 1.54) is 0 Å². The van der Waals surface area contributed by atoms with Crippen LogP contribution in [0.5, 0.6) is 0 Å². The number of aliphatic hydroxyl groups is 1. The second-order valence-electron chi connectivity index (χ2n) is 7.93. The minimum Gasteiger partial charge on any atom is -0.391 e. The van der Waals surface area contributed by atoms with Gasteiger partial charge >= 0.3 is 0 Å². The van der Waals surface area contributed by atoms with E-state index in [-0.39, 0.29) is 18.1 Å². The molecule has 0 unspecified atom stereocenters. The van der Waals surface area contributed by atoms with Crippen LogP contribution in [-0.4, -0.2) is 77.3 Å². The Morgan fingerprint density at radius 2 is 2.00 bits per heavy atom. The summed E-state index contributed by atoms with van der Waals surface area (Å²) in [6, 6.07) is 4.16. The van der Waals surface area contributed by atoms with Gasteiger partial charge in [-0.2, -0.15) is 0 Å². The average Bonchev–Trinajstić information content (AvgIpc) is 3.10. The first-order chi connectivity index (χ1) is 12.7. The van der Waals surface area contributed by atoms with Crippen LogP contribution >= 0.6 is 0 Å². The van der Waals surface area contributed by atoms with E-state index in [0.29, 0.717) is 18.3 Å². The fourth-order valence-electron chi connectivity index (χ4n) is 4.87. The maximum absolute atomic E-state index is 12.6. The first kappa shape index (κ1) is 17.9. The summed E-state index contributed by atoms with van der Waals surface area (Å²) < 4.78 is 5.44. The number of aryl methyl sites for hydroxylation is 1. The highest BCUT2D eigenvalue weighted by Gasteiger charge is 2.44. The Labute approximate surface area is 155 Å². The van der Waals surface area contributed by atoms with Gasteiger partial charge in [-0.3, -0.25) is 14.7 Å². The largest absolute Gasteiger partial charge is 0.391 e. The van der Waals surface area contributed by atoms with Gasteiger partial charge in [0.15, 0.2) is 0 Å². The van der Waals surface area contributed by atoms with Gasteiger partial charge in [-0.25, -0.2) is 0 Å². The predicted molar refractivity (Wildman–Crippen MR) is 97.5 cm³/mol. The lowest BCUT2D eigenvalue weighted by Gasteiger charge is -2.43. The molecule has 142 valence electrons. The van der Waals surface area contributed by atoms with Crippen LogP contribution in [0.3, 0.4) is 0 Å². The monoisotopic (exact) mass is 359 g/mol. The topological polar surface area (TPSA) is 65.9 Å². The number of aromatic nitrogens is 1. The average molecular weight is 359 g/mol. The molecular weight excluding hydrogens is 330 g/mol. The zero-order valence-electron chi connectivity index (χ0n) is 15.3. The van der Waals surface area contributed by atoms with Gasteiger partial charge in [0.25, 0.3) is 0 Å². The normalized spacial score (nSPS) is 32.4. The van der Waals surface area contributed by atoms with Gasteiger partial charge in [0.2, 0.25) is 5.91 Å². The van der Waals surface area contributed by atoms with Crippen molar-refractivity contribution in [2.24, 2.45) is 11.8 Å². The Morgan fingerprint density at radius 3 is 2.73 bits per heavy atom. The molecule has 6 nitrogen and oxygen atoms in total. The molecule has 0 aromatic carbocycles. The fourth-order valence-corrected chi connectivity index (χ4v) is 4.87. The molecule has 1 N–H and O–H groups in total. The van der Waals surface area contributed by atoms with E-state index in [2.05, 4.69) is 9.88 Å². The third kappa shape index (κ3) is 3.92. The zero-order chi connectivity index (χ0) is 17.9. The number of hydrogen-bond acceptors (Lipinski definition) is 5. The second kappa shape index (κ2) is 8.03. The summed E-state index contributed by atoms with van der Waals surface area (Å²) in [5, 5.41) is 10.7. The highest BCUT2D eigenvalue weighted by molar-refractivity contribution is 5.76. The molecule has 1 aliphatic carbocycles. The second-order valence-corrected chi connectivity index (χ2v) is 7.93. The highest BCUT2D eigenvalue weighted by Crippen LogP contribution is 2.38. The lowest BCUT2D eigenvalue weighted by Crippen LogP contribution is -2.53. The number of hydrogen-bond donors (Lipinski definition) is 1. The van der Waals surface area contributed by atoms with E-state index in [4.69, 9.17) is 4.74 Å². The van der Waals surface area contributed by atoms with Crippen LogP contribution in [0, 0.1) is 11.8 Å². The standard InChI is InChI=1S/C20H29N3O3/c24-19-11-17-14-23(20(25)4-3-15-2-1-5-21-12-15)13-16(17)10-18(19)22-6-8-26-9-7-22/h1-2,5,12,16-19,24H,3-4,6-11,13-14H2/t16-,17+,18-,19-/m1/s1. The molecule has 1 saturated carbocycles. The number of nitrogens with zero attached hydrogens (tertiary/aromatic N) is 3. The summed E-state index contributed by atoms with van der Waals surface area (Å²) in [6.07, 6.45) is 6.42. The molecule has 4 atom stereocenters. The quantitative estimate of drug-likeness (QED) is 0.867. The summed E-state index contributed by atoms with van der Waals surface area (Å²) >= 11 is 0. The molecule has 0 bridgehead atoms. The Balaban J connectivity index is 1.31. The first-order valence-electron chi connectivity index (χ1n) is 9.87. The van der Waals surface area contributed by atoms with Crippen molar-refractivity contribution in [1.82, 2.24) is 14.8 Å². The van der Waals surface area contributed by atoms with E-state index in [1.54, 1.807) is 6.20 Å². The highest BCUT2D eigenvalue weighted by atomic mass is 16.5. The molecule has 0 spiro atoms. The first-order valence-corrected chi connectivity index (χ1v) is 9.87. The summed E-state index contributed by atoms with van der Waals surface area (Å²) in [6.45, 7) is 5.00. The molecule has 1 aromatic rings. The number of morpholine rings is 1. The molecule has 3 heterocycles. The van der Waals surface area contributed by atoms with Crippen LogP contribution in [0.25, 0.3) is 0 Å². The van der Waals surface area contributed by atoms with E-state index in [1.807, 2.05) is 23.2 Å². The fraction of sp³-hybridized carbons (Fsp3) is 0.700. The van der Waals surface area contributed by atoms with Gasteiger partial charge in [-0.05, 0) is 42.7 Å². The van der Waals surface area contributed by atoms with Gasteiger partial charge in [0.05, 0.1) is 19.3 Å². The molecular formula is C20H29N3O3. The third-order valence-corrected chi connectivity index (χ3v) is 6.33. The lowest BCUT2D eigenvalue weighted by atomic mass is 9.77. The molecule has 2 saturated heterocycles. The molecule has 26 heavy (non-hydrogen) atoms. The predicted octanol–water partition coefficient (Wildman–Crippen LogP) is 0.944. The number of likely N-dealkylation sites (tertiary alicyclic amines) is 1. The third-order valence-electron chi connectivity index (χ3n) is 6.33. The van der Waals surface area contributed by atoms with Gasteiger partial charge in [-0.1, -0.05) is 6.07 Å². The van der Waals surface area contributed by atoms with E-state index < -0.39 is 0 Å². The molecule has 2 aliphatic heterocycles. The molecule has 3 fully saturated rings. The minimum absolute atomic E-state index is 0.227. The molecule has 1 aromatic heterocycles. The summed E-state index contributed by atoms with van der Waals surface area (Å²) in [5.41, 5.74) is 1.11. The van der Waals surface area contributed by atoms with E-state index >= 15 is 0 Å². The van der Waals surface area contributed by atoms with Crippen molar-refractivity contribution in [2.45, 2.75) is 37.8 Å². The zero-order valence-corrected chi connectivity index (χ0v) is 15.3. The maximum Gasteiger partial charge on any atom is 0.222 e. The van der Waals surface area contributed by atoms with Gasteiger partial charge < -0.3 is 14.7 Å². The van der Waals surface area contributed by atoms with Crippen molar-refractivity contribution in [1.29, 1.82) is 0 Å². The van der Waals surface area contributed by atoms with Crippen LogP contribution in [0.15, 0.2) is 24.5 Å². The van der Waals surface area contributed by atoms with Crippen LogP contribution in [-0.2, 0) is 16.0 Å². The van der Waals surface area contributed by atoms with Gasteiger partial charge in [0.1, 0.15) is 0 Å². The van der Waals surface area contributed by atoms with E-state index in [9.17, 15) is 9.90 Å². The van der Waals surface area contributed by atoms with Crippen LogP contribution in [0.2, 0.25) is 0 Å². The number of carbonyl (C=O) groups is 1. The lowest BCUT2D eigenvalue weighted by molar-refractivity contribution is -0.130. The van der Waals surface area contributed by atoms with Gasteiger partial charge in [-0.15, -0.1) is 0 Å². The molecule has 0 radical (unpaired) electrons. The Hall–Kier alpha value is -1.50. The number of pyridine rings is 1. The van der Waals surface area contributed by atoms with Crippen molar-refractivity contribution in [3.05, 3.63) is 30.1 Å². The van der Waals surface area contributed by atoms with Crippen molar-refractivity contribution >= 4 is 5.91 Å². The Bertz CT molecular complexity index is 606. The number of aliphatic hydroxyl groups excluding tert-OH is 1. The number of ether oxygens (including phenoxy) is 1. The number of rotatable bonds is 4. The van der Waals surface area contributed by atoms with Crippen LogP contribution < -0.4 is 0 Å². The molecule has 4 rings (SSSR count). The number of amides is 1. The van der Waals surface area contributed by atoms with Crippen LogP contribution in [0.4, 0.5) is 0 Å². The maximum atomic E-state index is 12.6. The van der Waals surface area contributed by atoms with Gasteiger partial charge in [0, 0.05) is 51.0 Å². The van der Waals surface area contributed by atoms with Crippen molar-refractivity contribution < 1.29 is 14.6 Å². The summed E-state index contributed by atoms with van der Waals surface area (Å²) in [7, 11) is 0. The van der Waals surface area contributed by atoms with Crippen LogP contribution in [0.1, 0.15) is 24.8 Å². The smallest absolute Gasteiger partial charge is 0.222 e. The summed E-state index contributed by atoms with van der Waals surface area (Å²) in [5.74, 6) is 1.21. The van der Waals surface area contributed by atoms with Crippen molar-refractivity contribution in [3.8, 4) is 0 Å². The van der Waals surface area contributed by atoms with Crippen molar-refractivity contribution in [2.75, 3.05) is 39.4 Å². The molecule has 6 heteroatoms. The molecule has 1 amide bonds. The minimum atomic E-state index is -0.278. The van der Waals surface area contributed by atoms with Crippen molar-refractivity contribution in [3.63, 3.8) is 0 Å². The number of carbonyl (C=O) groups excluding carboxylic acids is 1. The summed E-state index contributed by atoms with van der Waals surface area (Å²) in [4.78, 5) is 21.2. The Kier molecular flexibility index (Phi) is 5.52. The molecule has 3 aliphatic rings. The number of fused-ring (bicyclic) bond motifs is 1. The Morgan fingerprint density at radius 1 is 1.23 bits per heavy atom. The SMILES string of the molecule is O=C(CCc1cccnc1)N1C[C@H]2C[C@@H](N3CCOCC3)[C@H](O)C[C@H]2C1. The van der Waals surface area contributed by atoms with E-state index in [0.717, 1.165) is 64.2 Å².